The van der Waals surface area contributed by atoms with Crippen LogP contribution < -0.4 is 5.46 Å². The summed E-state index contributed by atoms with van der Waals surface area (Å²) < 4.78 is 12.7. The van der Waals surface area contributed by atoms with E-state index in [0.29, 0.717) is 0 Å². The summed E-state index contributed by atoms with van der Waals surface area (Å²) in [7, 11) is 5.36. The highest BCUT2D eigenvalue weighted by atomic mass is 19.1. The first-order valence-electron chi connectivity index (χ1n) is 3.90. The summed E-state index contributed by atoms with van der Waals surface area (Å²) >= 11 is 0. The summed E-state index contributed by atoms with van der Waals surface area (Å²) in [6.07, 6.45) is 1.50. The number of aliphatic hydroxyl groups is 1. The van der Waals surface area contributed by atoms with Crippen molar-refractivity contribution in [1.29, 1.82) is 0 Å². The first-order valence-corrected chi connectivity index (χ1v) is 3.90. The van der Waals surface area contributed by atoms with Crippen molar-refractivity contribution < 1.29 is 9.50 Å². The van der Waals surface area contributed by atoms with Gasteiger partial charge in [0, 0.05) is 0 Å². The Balaban J connectivity index is 2.41. The van der Waals surface area contributed by atoms with Gasteiger partial charge in [-0.2, -0.15) is 0 Å². The zero-order chi connectivity index (χ0) is 8.77. The van der Waals surface area contributed by atoms with E-state index in [1.54, 1.807) is 6.07 Å². The van der Waals surface area contributed by atoms with Crippen molar-refractivity contribution in [2.75, 3.05) is 0 Å². The molecule has 0 amide bonds. The van der Waals surface area contributed by atoms with Gasteiger partial charge in [-0.1, -0.05) is 17.6 Å². The van der Waals surface area contributed by atoms with Crippen LogP contribution in [0.3, 0.4) is 0 Å². The molecule has 1 aliphatic rings. The summed E-state index contributed by atoms with van der Waals surface area (Å²) in [6, 6.07) is 4.38. The molecule has 60 valence electrons. The summed E-state index contributed by atoms with van der Waals surface area (Å²) in [4.78, 5) is 0. The van der Waals surface area contributed by atoms with Crippen molar-refractivity contribution in [1.82, 2.24) is 0 Å². The van der Waals surface area contributed by atoms with Gasteiger partial charge in [-0.05, 0) is 24.5 Å². The number of halogens is 1. The Bertz CT molecular complexity index is 320. The number of rotatable bonds is 1. The topological polar surface area (TPSA) is 20.2 Å². The molecule has 1 nitrogen and oxygen atoms in total. The Morgan fingerprint density at radius 1 is 1.42 bits per heavy atom. The van der Waals surface area contributed by atoms with Gasteiger partial charge in [0.25, 0.3) is 0 Å². The van der Waals surface area contributed by atoms with Crippen LogP contribution in [0.15, 0.2) is 18.2 Å². The lowest BCUT2D eigenvalue weighted by Crippen LogP contribution is -2.13. The summed E-state index contributed by atoms with van der Waals surface area (Å²) in [5.74, 6) is -0.428. The van der Waals surface area contributed by atoms with Crippen LogP contribution in [0.2, 0.25) is 0 Å². The highest BCUT2D eigenvalue weighted by molar-refractivity contribution is 6.32. The van der Waals surface area contributed by atoms with Gasteiger partial charge < -0.3 is 5.11 Å². The maximum absolute atomic E-state index is 12.7. The van der Waals surface area contributed by atoms with E-state index in [4.69, 9.17) is 7.85 Å². The molecule has 2 rings (SSSR count). The van der Waals surface area contributed by atoms with E-state index in [1.807, 2.05) is 0 Å². The largest absolute Gasteiger partial charge is 0.385 e. The van der Waals surface area contributed by atoms with E-state index in [0.717, 1.165) is 18.4 Å². The summed E-state index contributed by atoms with van der Waals surface area (Å²) in [5.41, 5.74) is 0.108. The maximum Gasteiger partial charge on any atom is 0.117 e. The summed E-state index contributed by atoms with van der Waals surface area (Å²) in [6.45, 7) is 0. The molecule has 0 aliphatic heterocycles. The van der Waals surface area contributed by atoms with Crippen LogP contribution in [-0.4, -0.2) is 13.0 Å². The van der Waals surface area contributed by atoms with Crippen LogP contribution in [0.1, 0.15) is 18.4 Å². The number of benzene rings is 1. The molecule has 1 aliphatic carbocycles. The molecule has 0 heterocycles. The van der Waals surface area contributed by atoms with E-state index in [-0.39, 0.29) is 5.46 Å². The fourth-order valence-electron chi connectivity index (χ4n) is 1.24. The first kappa shape index (κ1) is 7.81. The van der Waals surface area contributed by atoms with Gasteiger partial charge in [-0.3, -0.25) is 0 Å². The van der Waals surface area contributed by atoms with Gasteiger partial charge >= 0.3 is 0 Å². The number of hydrogen-bond donors (Lipinski definition) is 1. The van der Waals surface area contributed by atoms with Crippen LogP contribution >= 0.6 is 0 Å². The quantitative estimate of drug-likeness (QED) is 0.599. The Kier molecular flexibility index (Phi) is 1.52. The highest BCUT2D eigenvalue weighted by Crippen LogP contribution is 2.44. The Labute approximate surface area is 71.6 Å². The minimum Gasteiger partial charge on any atom is -0.385 e. The van der Waals surface area contributed by atoms with Crippen LogP contribution in [0.25, 0.3) is 0 Å². The molecule has 0 atom stereocenters. The second kappa shape index (κ2) is 2.33. The van der Waals surface area contributed by atoms with Crippen molar-refractivity contribution >= 4 is 13.3 Å². The smallest absolute Gasteiger partial charge is 0.117 e. The SMILES string of the molecule is [B]c1cc(C2(O)CC2)ccc1F. The predicted molar refractivity (Wildman–Crippen MR) is 44.9 cm³/mol. The zero-order valence-electron chi connectivity index (χ0n) is 6.55. The van der Waals surface area contributed by atoms with Gasteiger partial charge in [0.15, 0.2) is 0 Å². The second-order valence-corrected chi connectivity index (χ2v) is 3.27. The molecule has 12 heavy (non-hydrogen) atoms. The minimum atomic E-state index is -0.720. The molecule has 1 saturated carbocycles. The monoisotopic (exact) mass is 162 g/mol. The Morgan fingerprint density at radius 2 is 2.08 bits per heavy atom. The van der Waals surface area contributed by atoms with Crippen molar-refractivity contribution in [2.24, 2.45) is 0 Å². The van der Waals surface area contributed by atoms with E-state index >= 15 is 0 Å². The van der Waals surface area contributed by atoms with E-state index in [1.165, 1.54) is 12.1 Å². The minimum absolute atomic E-state index is 0.104. The van der Waals surface area contributed by atoms with Gasteiger partial charge in [0.05, 0.1) is 5.60 Å². The third-order valence-corrected chi connectivity index (χ3v) is 2.26. The number of hydrogen-bond acceptors (Lipinski definition) is 1. The molecule has 1 aromatic carbocycles. The highest BCUT2D eigenvalue weighted by Gasteiger charge is 2.42. The average Bonchev–Trinajstić information content (AvgIpc) is 2.75. The van der Waals surface area contributed by atoms with Gasteiger partial charge in [-0.25, -0.2) is 4.39 Å². The molecule has 1 aromatic rings. The molecule has 2 radical (unpaired) electrons. The molecule has 0 spiro atoms. The standard InChI is InChI=1S/C9H8BFO/c10-7-5-6(1-2-8(7)11)9(12)3-4-9/h1-2,5,12H,3-4H2. The van der Waals surface area contributed by atoms with Crippen LogP contribution in [0.4, 0.5) is 4.39 Å². The van der Waals surface area contributed by atoms with Gasteiger partial charge in [0.2, 0.25) is 0 Å². The van der Waals surface area contributed by atoms with Gasteiger partial charge in [-0.15, -0.1) is 0 Å². The molecule has 1 N–H and O–H groups in total. The third-order valence-electron chi connectivity index (χ3n) is 2.26. The molecular weight excluding hydrogens is 154 g/mol. The fraction of sp³-hybridized carbons (Fsp3) is 0.333. The lowest BCUT2D eigenvalue weighted by atomic mass is 9.92. The lowest BCUT2D eigenvalue weighted by Gasteiger charge is -2.08. The molecule has 1 fully saturated rings. The van der Waals surface area contributed by atoms with Crippen molar-refractivity contribution in [2.45, 2.75) is 18.4 Å². The van der Waals surface area contributed by atoms with Crippen molar-refractivity contribution in [3.63, 3.8) is 0 Å². The third kappa shape index (κ3) is 1.14. The second-order valence-electron chi connectivity index (χ2n) is 3.27. The first-order chi connectivity index (χ1) is 5.62. The normalized spacial score (nSPS) is 19.2. The van der Waals surface area contributed by atoms with Crippen molar-refractivity contribution in [3.05, 3.63) is 29.6 Å². The van der Waals surface area contributed by atoms with Crippen LogP contribution in [-0.2, 0) is 5.60 Å². The van der Waals surface area contributed by atoms with Crippen LogP contribution in [0.5, 0.6) is 0 Å². The van der Waals surface area contributed by atoms with E-state index in [9.17, 15) is 9.50 Å². The predicted octanol–water partition coefficient (Wildman–Crippen LogP) is 0.601. The van der Waals surface area contributed by atoms with Gasteiger partial charge in [0.1, 0.15) is 13.7 Å². The molecule has 0 bridgehead atoms. The lowest BCUT2D eigenvalue weighted by molar-refractivity contribution is 0.151. The fourth-order valence-corrected chi connectivity index (χ4v) is 1.24. The molecular formula is C9H8BFO. The zero-order valence-corrected chi connectivity index (χ0v) is 6.55. The molecule has 0 saturated heterocycles. The van der Waals surface area contributed by atoms with Crippen LogP contribution in [0, 0.1) is 5.82 Å². The summed E-state index contributed by atoms with van der Waals surface area (Å²) in [5, 5.41) is 9.64. The molecule has 3 heteroatoms. The molecule has 0 aromatic heterocycles. The van der Waals surface area contributed by atoms with E-state index < -0.39 is 11.4 Å². The molecule has 0 unspecified atom stereocenters. The van der Waals surface area contributed by atoms with E-state index in [2.05, 4.69) is 0 Å². The van der Waals surface area contributed by atoms with Crippen molar-refractivity contribution in [3.8, 4) is 0 Å². The Morgan fingerprint density at radius 3 is 2.58 bits per heavy atom. The Hall–Kier alpha value is -0.825. The average molecular weight is 162 g/mol. The maximum atomic E-state index is 12.7.